The molecule has 150 valence electrons. The Labute approximate surface area is 178 Å². The van der Waals surface area contributed by atoms with Gasteiger partial charge in [0.05, 0.1) is 16.1 Å². The molecule has 0 bridgehead atoms. The van der Waals surface area contributed by atoms with E-state index in [4.69, 9.17) is 21.6 Å². The molecule has 0 saturated carbocycles. The summed E-state index contributed by atoms with van der Waals surface area (Å²) in [4.78, 5) is 28.5. The number of imide groups is 1. The lowest BCUT2D eigenvalue weighted by Crippen LogP contribution is -2.34. The summed E-state index contributed by atoms with van der Waals surface area (Å²) in [5.41, 5.74) is 2.66. The Morgan fingerprint density at radius 2 is 1.80 bits per heavy atom. The molecule has 0 spiro atoms. The fraction of sp³-hybridized carbons (Fsp3) is 0.0909. The van der Waals surface area contributed by atoms with Crippen molar-refractivity contribution in [3.05, 3.63) is 82.0 Å². The van der Waals surface area contributed by atoms with E-state index in [1.54, 1.807) is 42.5 Å². The van der Waals surface area contributed by atoms with Crippen LogP contribution in [0.5, 0.6) is 11.6 Å². The molecule has 8 heteroatoms. The van der Waals surface area contributed by atoms with Crippen LogP contribution in [0.2, 0.25) is 5.02 Å². The number of pyridine rings is 1. The van der Waals surface area contributed by atoms with Crippen molar-refractivity contribution < 1.29 is 14.3 Å². The van der Waals surface area contributed by atoms with Gasteiger partial charge in [-0.1, -0.05) is 23.7 Å². The summed E-state index contributed by atoms with van der Waals surface area (Å²) < 4.78 is 5.82. The Bertz CT molecular complexity index is 1130. The number of hydrogen-bond donors (Lipinski definition) is 2. The number of nitrogens with one attached hydrogen (secondary N) is 2. The molecule has 1 heterocycles. The number of anilines is 1. The van der Waals surface area contributed by atoms with Crippen LogP contribution in [-0.2, 0) is 0 Å². The van der Waals surface area contributed by atoms with Gasteiger partial charge in [-0.25, -0.2) is 9.78 Å². The molecule has 0 saturated heterocycles. The number of ether oxygens (including phenoxy) is 1. The first-order valence-electron chi connectivity index (χ1n) is 8.89. The molecule has 7 nitrogen and oxygen atoms in total. The number of carbonyl (C=O) groups is 2. The number of aromatic nitrogens is 1. The molecule has 0 aliphatic heterocycles. The molecular formula is C22H17ClN4O3. The number of hydrogen-bond acceptors (Lipinski definition) is 5. The molecule has 1 aromatic heterocycles. The number of halogens is 1. The molecule has 0 atom stereocenters. The second-order valence-corrected chi connectivity index (χ2v) is 6.83. The molecule has 0 fully saturated rings. The van der Waals surface area contributed by atoms with Gasteiger partial charge in [-0.15, -0.1) is 0 Å². The summed E-state index contributed by atoms with van der Waals surface area (Å²) >= 11 is 5.98. The minimum absolute atomic E-state index is 0.209. The van der Waals surface area contributed by atoms with E-state index < -0.39 is 11.9 Å². The summed E-state index contributed by atoms with van der Waals surface area (Å²) in [5, 5.41) is 14.0. The van der Waals surface area contributed by atoms with Crippen LogP contribution in [0.1, 0.15) is 27.0 Å². The van der Waals surface area contributed by atoms with E-state index in [1.807, 2.05) is 19.9 Å². The number of amides is 3. The molecule has 3 aromatic rings. The Hall–Kier alpha value is -3.89. The maximum atomic E-state index is 12.2. The zero-order valence-electron chi connectivity index (χ0n) is 16.2. The summed E-state index contributed by atoms with van der Waals surface area (Å²) in [6.45, 7) is 3.65. The standard InChI is InChI=1S/C22H17ClN4O3/c1-13-9-16(26-22(29)27-21(28)17-5-3-4-6-18(17)23)10-14(2)20(13)30-19-8-7-15(11-24)12-25-19/h3-10,12H,1-2H3,(H2,26,27,28,29). The van der Waals surface area contributed by atoms with Crippen molar-refractivity contribution in [3.63, 3.8) is 0 Å². The summed E-state index contributed by atoms with van der Waals surface area (Å²) in [7, 11) is 0. The minimum Gasteiger partial charge on any atom is -0.438 e. The molecule has 3 amide bonds. The Morgan fingerprint density at radius 1 is 1.10 bits per heavy atom. The van der Waals surface area contributed by atoms with Gasteiger partial charge in [-0.2, -0.15) is 5.26 Å². The molecule has 0 radical (unpaired) electrons. The quantitative estimate of drug-likeness (QED) is 0.619. The molecule has 3 rings (SSSR count). The first-order valence-corrected chi connectivity index (χ1v) is 9.27. The first-order chi connectivity index (χ1) is 14.4. The van der Waals surface area contributed by atoms with E-state index in [0.29, 0.717) is 22.9 Å². The van der Waals surface area contributed by atoms with Crippen LogP contribution in [0.15, 0.2) is 54.7 Å². The average molecular weight is 421 g/mol. The third kappa shape index (κ3) is 4.93. The highest BCUT2D eigenvalue weighted by Crippen LogP contribution is 2.30. The molecule has 2 N–H and O–H groups in total. The van der Waals surface area contributed by atoms with Crippen LogP contribution >= 0.6 is 11.6 Å². The van der Waals surface area contributed by atoms with Crippen molar-refractivity contribution in [1.82, 2.24) is 10.3 Å². The van der Waals surface area contributed by atoms with Gasteiger partial charge in [0.25, 0.3) is 5.91 Å². The number of benzene rings is 2. The van der Waals surface area contributed by atoms with Crippen molar-refractivity contribution in [2.24, 2.45) is 0 Å². The van der Waals surface area contributed by atoms with Crippen molar-refractivity contribution in [2.45, 2.75) is 13.8 Å². The van der Waals surface area contributed by atoms with Crippen LogP contribution in [-0.4, -0.2) is 16.9 Å². The summed E-state index contributed by atoms with van der Waals surface area (Å²) in [5.74, 6) is 0.340. The normalized spacial score (nSPS) is 10.1. The highest BCUT2D eigenvalue weighted by atomic mass is 35.5. The predicted octanol–water partition coefficient (Wildman–Crippen LogP) is 4.98. The van der Waals surface area contributed by atoms with Crippen molar-refractivity contribution in [3.8, 4) is 17.7 Å². The fourth-order valence-electron chi connectivity index (χ4n) is 2.77. The van der Waals surface area contributed by atoms with E-state index in [9.17, 15) is 9.59 Å². The Morgan fingerprint density at radius 3 is 2.40 bits per heavy atom. The van der Waals surface area contributed by atoms with E-state index in [0.717, 1.165) is 11.1 Å². The fourth-order valence-corrected chi connectivity index (χ4v) is 2.99. The van der Waals surface area contributed by atoms with E-state index in [1.165, 1.54) is 12.3 Å². The maximum Gasteiger partial charge on any atom is 0.326 e. The van der Waals surface area contributed by atoms with Crippen molar-refractivity contribution in [2.75, 3.05) is 5.32 Å². The van der Waals surface area contributed by atoms with E-state index in [-0.39, 0.29) is 10.6 Å². The van der Waals surface area contributed by atoms with E-state index in [2.05, 4.69) is 15.6 Å². The number of urea groups is 1. The monoisotopic (exact) mass is 420 g/mol. The minimum atomic E-state index is -0.679. The van der Waals surface area contributed by atoms with Crippen molar-refractivity contribution in [1.29, 1.82) is 5.26 Å². The summed E-state index contributed by atoms with van der Waals surface area (Å²) in [6, 6.07) is 14.4. The highest BCUT2D eigenvalue weighted by molar-refractivity contribution is 6.34. The third-order valence-corrected chi connectivity index (χ3v) is 4.47. The first kappa shape index (κ1) is 20.8. The zero-order chi connectivity index (χ0) is 21.7. The van der Waals surface area contributed by atoms with Gasteiger partial charge in [0.2, 0.25) is 5.88 Å². The van der Waals surface area contributed by atoms with E-state index >= 15 is 0 Å². The Kier molecular flexibility index (Phi) is 6.30. The van der Waals surface area contributed by atoms with Gasteiger partial charge < -0.3 is 10.1 Å². The van der Waals surface area contributed by atoms with Crippen LogP contribution in [0.25, 0.3) is 0 Å². The van der Waals surface area contributed by atoms with Crippen LogP contribution in [0.4, 0.5) is 10.5 Å². The largest absolute Gasteiger partial charge is 0.438 e. The van der Waals surface area contributed by atoms with Crippen LogP contribution < -0.4 is 15.4 Å². The predicted molar refractivity (Wildman–Crippen MR) is 113 cm³/mol. The highest BCUT2D eigenvalue weighted by Gasteiger charge is 2.15. The number of nitriles is 1. The van der Waals surface area contributed by atoms with Crippen LogP contribution in [0, 0.1) is 25.2 Å². The number of rotatable bonds is 4. The number of nitrogens with zero attached hydrogens (tertiary/aromatic N) is 2. The molecule has 30 heavy (non-hydrogen) atoms. The average Bonchev–Trinajstić information content (AvgIpc) is 2.71. The summed E-state index contributed by atoms with van der Waals surface area (Å²) in [6.07, 6.45) is 1.43. The van der Waals surface area contributed by atoms with Gasteiger partial charge in [-0.05, 0) is 55.3 Å². The van der Waals surface area contributed by atoms with Crippen molar-refractivity contribution >= 4 is 29.2 Å². The molecule has 0 aliphatic carbocycles. The lowest BCUT2D eigenvalue weighted by atomic mass is 10.1. The maximum absolute atomic E-state index is 12.2. The topological polar surface area (TPSA) is 104 Å². The third-order valence-electron chi connectivity index (χ3n) is 4.14. The zero-order valence-corrected chi connectivity index (χ0v) is 16.9. The second-order valence-electron chi connectivity index (χ2n) is 6.43. The molecule has 0 aliphatic rings. The molecular weight excluding hydrogens is 404 g/mol. The molecule has 2 aromatic carbocycles. The lowest BCUT2D eigenvalue weighted by Gasteiger charge is -2.14. The van der Waals surface area contributed by atoms with Gasteiger partial charge in [0, 0.05) is 18.0 Å². The SMILES string of the molecule is Cc1cc(NC(=O)NC(=O)c2ccccc2Cl)cc(C)c1Oc1ccc(C#N)cn1. The van der Waals surface area contributed by atoms with Gasteiger partial charge in [0.1, 0.15) is 11.8 Å². The lowest BCUT2D eigenvalue weighted by molar-refractivity contribution is 0.0967. The smallest absolute Gasteiger partial charge is 0.326 e. The molecule has 0 unspecified atom stereocenters. The van der Waals surface area contributed by atoms with Gasteiger partial charge >= 0.3 is 6.03 Å². The Balaban J connectivity index is 1.70. The van der Waals surface area contributed by atoms with Gasteiger partial charge in [-0.3, -0.25) is 10.1 Å². The number of aryl methyl sites for hydroxylation is 2. The number of carbonyl (C=O) groups excluding carboxylic acids is 2. The second kappa shape index (κ2) is 9.07. The van der Waals surface area contributed by atoms with Crippen LogP contribution in [0.3, 0.4) is 0 Å². The van der Waals surface area contributed by atoms with Gasteiger partial charge in [0.15, 0.2) is 0 Å².